The quantitative estimate of drug-likeness (QED) is 0.644. The maximum absolute atomic E-state index is 12.2. The Bertz CT molecular complexity index is 776. The van der Waals surface area contributed by atoms with Crippen LogP contribution in [0.25, 0.3) is 0 Å². The predicted molar refractivity (Wildman–Crippen MR) is 80.1 cm³/mol. The van der Waals surface area contributed by atoms with Crippen molar-refractivity contribution in [3.63, 3.8) is 0 Å². The Morgan fingerprint density at radius 1 is 1.42 bits per heavy atom. The van der Waals surface area contributed by atoms with Gasteiger partial charge in [-0.1, -0.05) is 5.10 Å². The van der Waals surface area contributed by atoms with Crippen LogP contribution in [0.4, 0.5) is 20.3 Å². The van der Waals surface area contributed by atoms with E-state index in [0.29, 0.717) is 16.9 Å². The highest BCUT2D eigenvalue weighted by Crippen LogP contribution is 2.23. The minimum absolute atomic E-state index is 0.0289. The molecule has 128 valence electrons. The maximum atomic E-state index is 12.2. The summed E-state index contributed by atoms with van der Waals surface area (Å²) in [7, 11) is 0. The lowest BCUT2D eigenvalue weighted by Crippen LogP contribution is -2.21. The Morgan fingerprint density at radius 3 is 2.71 bits per heavy atom. The first-order chi connectivity index (χ1) is 11.3. The van der Waals surface area contributed by atoms with Crippen molar-refractivity contribution in [3.8, 4) is 5.75 Å². The molecule has 2 aromatic rings. The topological polar surface area (TPSA) is 99.3 Å². The number of hydrogen-bond donors (Lipinski definition) is 1. The van der Waals surface area contributed by atoms with Crippen LogP contribution in [0.3, 0.4) is 0 Å². The normalized spacial score (nSPS) is 10.7. The SMILES string of the molecule is Cc1cc([N+](=O)[O-])n(CC(=O)Nc2ccc(OC(F)F)cc2C)n1. The summed E-state index contributed by atoms with van der Waals surface area (Å²) in [5, 5.41) is 17.3. The van der Waals surface area contributed by atoms with E-state index in [4.69, 9.17) is 0 Å². The fourth-order valence-corrected chi connectivity index (χ4v) is 2.07. The Morgan fingerprint density at radius 2 is 2.12 bits per heavy atom. The third kappa shape index (κ3) is 4.24. The largest absolute Gasteiger partial charge is 0.435 e. The first-order valence-electron chi connectivity index (χ1n) is 6.80. The molecule has 0 aliphatic rings. The zero-order valence-corrected chi connectivity index (χ0v) is 12.8. The molecule has 0 unspecified atom stereocenters. The number of nitrogens with one attached hydrogen (secondary N) is 1. The third-order valence-electron chi connectivity index (χ3n) is 3.06. The number of carbonyl (C=O) groups is 1. The first-order valence-corrected chi connectivity index (χ1v) is 6.80. The van der Waals surface area contributed by atoms with Gasteiger partial charge in [-0.25, -0.2) is 0 Å². The summed E-state index contributed by atoms with van der Waals surface area (Å²) in [5.74, 6) is -0.856. The minimum Gasteiger partial charge on any atom is -0.435 e. The van der Waals surface area contributed by atoms with Gasteiger partial charge in [0.1, 0.15) is 5.75 Å². The van der Waals surface area contributed by atoms with Gasteiger partial charge in [0, 0.05) is 5.69 Å². The zero-order chi connectivity index (χ0) is 17.9. The van der Waals surface area contributed by atoms with Crippen molar-refractivity contribution in [2.75, 3.05) is 5.32 Å². The number of amides is 1. The summed E-state index contributed by atoms with van der Waals surface area (Å²) in [6.07, 6.45) is 0. The molecule has 0 spiro atoms. The van der Waals surface area contributed by atoms with Gasteiger partial charge in [-0.3, -0.25) is 4.79 Å². The lowest BCUT2D eigenvalue weighted by molar-refractivity contribution is -0.392. The average Bonchev–Trinajstić information content (AvgIpc) is 2.82. The van der Waals surface area contributed by atoms with E-state index in [1.165, 1.54) is 24.3 Å². The molecule has 1 N–H and O–H groups in total. The Balaban J connectivity index is 2.09. The van der Waals surface area contributed by atoms with Crippen LogP contribution < -0.4 is 10.1 Å². The zero-order valence-electron chi connectivity index (χ0n) is 12.8. The van der Waals surface area contributed by atoms with Crippen LogP contribution in [0, 0.1) is 24.0 Å². The number of halogens is 2. The predicted octanol–water partition coefficient (Wildman–Crippen LogP) is 2.65. The van der Waals surface area contributed by atoms with E-state index in [-0.39, 0.29) is 18.1 Å². The van der Waals surface area contributed by atoms with Crippen LogP contribution in [-0.4, -0.2) is 27.2 Å². The Kier molecular flexibility index (Phi) is 5.07. The van der Waals surface area contributed by atoms with Crippen LogP contribution in [0.1, 0.15) is 11.3 Å². The van der Waals surface area contributed by atoms with Crippen molar-refractivity contribution < 1.29 is 23.2 Å². The smallest absolute Gasteiger partial charge is 0.387 e. The second-order valence-electron chi connectivity index (χ2n) is 4.96. The van der Waals surface area contributed by atoms with Crippen molar-refractivity contribution >= 4 is 17.4 Å². The number of aromatic nitrogens is 2. The summed E-state index contributed by atoms with van der Waals surface area (Å²) in [4.78, 5) is 22.3. The third-order valence-corrected chi connectivity index (χ3v) is 3.06. The molecule has 8 nitrogen and oxygen atoms in total. The molecule has 1 amide bonds. The summed E-state index contributed by atoms with van der Waals surface area (Å²) in [6, 6.07) is 5.31. The molecule has 1 aromatic carbocycles. The lowest BCUT2D eigenvalue weighted by atomic mass is 10.2. The van der Waals surface area contributed by atoms with E-state index in [9.17, 15) is 23.7 Å². The first kappa shape index (κ1) is 17.3. The van der Waals surface area contributed by atoms with Crippen LogP contribution in [0.5, 0.6) is 5.75 Å². The molecular formula is C14H14F2N4O4. The highest BCUT2D eigenvalue weighted by Gasteiger charge is 2.20. The van der Waals surface area contributed by atoms with Gasteiger partial charge in [0.15, 0.2) is 6.54 Å². The Labute approximate surface area is 135 Å². The van der Waals surface area contributed by atoms with Gasteiger partial charge in [-0.15, -0.1) is 4.68 Å². The fraction of sp³-hybridized carbons (Fsp3) is 0.286. The van der Waals surface area contributed by atoms with E-state index in [1.54, 1.807) is 13.8 Å². The van der Waals surface area contributed by atoms with Crippen LogP contribution in [-0.2, 0) is 11.3 Å². The fourth-order valence-electron chi connectivity index (χ4n) is 2.07. The molecule has 10 heteroatoms. The summed E-state index contributed by atoms with van der Waals surface area (Å²) < 4.78 is 29.5. The molecule has 0 radical (unpaired) electrons. The highest BCUT2D eigenvalue weighted by atomic mass is 19.3. The van der Waals surface area contributed by atoms with Crippen LogP contribution >= 0.6 is 0 Å². The van der Waals surface area contributed by atoms with Gasteiger partial charge < -0.3 is 20.2 Å². The molecule has 1 heterocycles. The number of nitrogens with zero attached hydrogens (tertiary/aromatic N) is 3. The van der Waals surface area contributed by atoms with Crippen LogP contribution in [0.2, 0.25) is 0 Å². The molecule has 0 bridgehead atoms. The average molecular weight is 340 g/mol. The summed E-state index contributed by atoms with van der Waals surface area (Å²) >= 11 is 0. The van der Waals surface area contributed by atoms with Crippen molar-refractivity contribution in [1.82, 2.24) is 9.78 Å². The van der Waals surface area contributed by atoms with Crippen molar-refractivity contribution in [2.24, 2.45) is 0 Å². The molecule has 0 fully saturated rings. The number of aryl methyl sites for hydroxylation is 2. The van der Waals surface area contributed by atoms with Crippen molar-refractivity contribution in [1.29, 1.82) is 0 Å². The minimum atomic E-state index is -2.94. The molecule has 0 saturated heterocycles. The second kappa shape index (κ2) is 7.02. The second-order valence-corrected chi connectivity index (χ2v) is 4.96. The monoisotopic (exact) mass is 340 g/mol. The van der Waals surface area contributed by atoms with E-state index in [2.05, 4.69) is 15.2 Å². The number of rotatable bonds is 6. The number of carbonyl (C=O) groups excluding carboxylic acids is 1. The number of nitro groups is 1. The molecule has 1 aromatic heterocycles. The highest BCUT2D eigenvalue weighted by molar-refractivity contribution is 5.91. The van der Waals surface area contributed by atoms with Crippen LogP contribution in [0.15, 0.2) is 24.3 Å². The number of benzene rings is 1. The van der Waals surface area contributed by atoms with E-state index >= 15 is 0 Å². The number of hydrogen-bond acceptors (Lipinski definition) is 5. The molecule has 0 aliphatic carbocycles. The molecule has 0 saturated carbocycles. The molecule has 2 rings (SSSR count). The van der Waals surface area contributed by atoms with Gasteiger partial charge in [-0.2, -0.15) is 8.78 Å². The summed E-state index contributed by atoms with van der Waals surface area (Å²) in [6.45, 7) is -0.103. The lowest BCUT2D eigenvalue weighted by Gasteiger charge is -2.10. The van der Waals surface area contributed by atoms with Crippen molar-refractivity contribution in [3.05, 3.63) is 45.6 Å². The molecule has 0 aliphatic heterocycles. The van der Waals surface area contributed by atoms with Gasteiger partial charge in [0.25, 0.3) is 5.91 Å². The summed E-state index contributed by atoms with van der Waals surface area (Å²) in [5.41, 5.74) is 1.31. The number of alkyl halides is 2. The Hall–Kier alpha value is -3.04. The number of ether oxygens (including phenoxy) is 1. The molecule has 24 heavy (non-hydrogen) atoms. The maximum Gasteiger partial charge on any atom is 0.387 e. The molecular weight excluding hydrogens is 326 g/mol. The number of anilines is 1. The van der Waals surface area contributed by atoms with Gasteiger partial charge in [0.05, 0.1) is 11.8 Å². The van der Waals surface area contributed by atoms with E-state index < -0.39 is 17.4 Å². The van der Waals surface area contributed by atoms with E-state index in [0.717, 1.165) is 4.68 Å². The standard InChI is InChI=1S/C14H14F2N4O4/c1-8-5-10(24-14(15)16)3-4-11(8)17-12(21)7-19-13(20(22)23)6-9(2)18-19/h3-6,14H,7H2,1-2H3,(H,17,21). The van der Waals surface area contributed by atoms with E-state index in [1.807, 2.05) is 0 Å². The van der Waals surface area contributed by atoms with Gasteiger partial charge >= 0.3 is 12.4 Å². The van der Waals surface area contributed by atoms with Gasteiger partial charge in [0.2, 0.25) is 0 Å². The van der Waals surface area contributed by atoms with Crippen molar-refractivity contribution in [2.45, 2.75) is 27.0 Å². The van der Waals surface area contributed by atoms with Gasteiger partial charge in [-0.05, 0) is 42.5 Å². The molecule has 0 atom stereocenters.